The number of hydrogen-bond acceptors (Lipinski definition) is 6. The monoisotopic (exact) mass is 415 g/mol. The molecule has 1 amide bonds. The summed E-state index contributed by atoms with van der Waals surface area (Å²) in [6.45, 7) is 0.510. The summed E-state index contributed by atoms with van der Waals surface area (Å²) in [5, 5.41) is 0. The van der Waals surface area contributed by atoms with Gasteiger partial charge in [0, 0.05) is 6.54 Å². The van der Waals surface area contributed by atoms with Gasteiger partial charge in [-0.3, -0.25) is 9.69 Å². The number of benzene rings is 2. The van der Waals surface area contributed by atoms with Gasteiger partial charge in [-0.25, -0.2) is 0 Å². The molecule has 1 heterocycles. The fourth-order valence-electron chi connectivity index (χ4n) is 2.85. The minimum absolute atomic E-state index is 0.0710. The van der Waals surface area contributed by atoms with E-state index in [1.165, 1.54) is 11.8 Å². The van der Waals surface area contributed by atoms with Gasteiger partial charge in [0.1, 0.15) is 10.1 Å². The Morgan fingerprint density at radius 2 is 1.82 bits per heavy atom. The summed E-state index contributed by atoms with van der Waals surface area (Å²) in [6, 6.07) is 13.3. The molecule has 0 atom stereocenters. The third-order valence-corrected chi connectivity index (χ3v) is 5.71. The summed E-state index contributed by atoms with van der Waals surface area (Å²) < 4.78 is 16.4. The summed E-state index contributed by atoms with van der Waals surface area (Å²) in [4.78, 5) is 15.1. The molecule has 0 aromatic heterocycles. The fraction of sp³-hybridized carbons (Fsp3) is 0.238. The van der Waals surface area contributed by atoms with Gasteiger partial charge >= 0.3 is 0 Å². The molecule has 0 N–H and O–H groups in total. The van der Waals surface area contributed by atoms with Gasteiger partial charge < -0.3 is 14.2 Å². The molecule has 0 bridgehead atoms. The minimum atomic E-state index is -0.0710. The number of amides is 1. The van der Waals surface area contributed by atoms with Gasteiger partial charge in [0.05, 0.1) is 26.2 Å². The van der Waals surface area contributed by atoms with Gasteiger partial charge in [0.25, 0.3) is 5.91 Å². The number of thiocarbonyl (C=S) groups is 1. The van der Waals surface area contributed by atoms with Crippen LogP contribution in [-0.2, 0) is 11.2 Å². The molecule has 1 aliphatic heterocycles. The highest BCUT2D eigenvalue weighted by atomic mass is 32.2. The maximum atomic E-state index is 12.8. The molecule has 5 nitrogen and oxygen atoms in total. The number of hydrogen-bond donors (Lipinski definition) is 0. The van der Waals surface area contributed by atoms with Crippen molar-refractivity contribution < 1.29 is 19.0 Å². The van der Waals surface area contributed by atoms with Crippen molar-refractivity contribution in [3.8, 4) is 17.2 Å². The molecule has 146 valence electrons. The third-order valence-electron chi connectivity index (χ3n) is 4.34. The molecule has 1 aliphatic rings. The zero-order valence-corrected chi connectivity index (χ0v) is 17.6. The van der Waals surface area contributed by atoms with Crippen molar-refractivity contribution in [1.82, 2.24) is 4.90 Å². The molecule has 2 aromatic carbocycles. The normalized spacial score (nSPS) is 15.2. The predicted octanol–water partition coefficient (Wildman–Crippen LogP) is 4.16. The van der Waals surface area contributed by atoms with Crippen LogP contribution in [0, 0.1) is 0 Å². The quantitative estimate of drug-likeness (QED) is 0.500. The maximum absolute atomic E-state index is 12.8. The maximum Gasteiger partial charge on any atom is 0.266 e. The van der Waals surface area contributed by atoms with E-state index in [2.05, 4.69) is 0 Å². The van der Waals surface area contributed by atoms with Crippen LogP contribution in [0.2, 0.25) is 0 Å². The zero-order chi connectivity index (χ0) is 20.1. The zero-order valence-electron chi connectivity index (χ0n) is 15.9. The number of methoxy groups -OCH3 is 3. The fourth-order valence-corrected chi connectivity index (χ4v) is 4.16. The predicted molar refractivity (Wildman–Crippen MR) is 116 cm³/mol. The average molecular weight is 416 g/mol. The lowest BCUT2D eigenvalue weighted by Gasteiger charge is -2.15. The Balaban J connectivity index is 1.71. The lowest BCUT2D eigenvalue weighted by atomic mass is 10.1. The number of carbonyl (C=O) groups excluding carboxylic acids is 1. The van der Waals surface area contributed by atoms with Crippen molar-refractivity contribution in [2.45, 2.75) is 6.42 Å². The second kappa shape index (κ2) is 9.12. The van der Waals surface area contributed by atoms with Crippen LogP contribution in [0.25, 0.3) is 6.08 Å². The van der Waals surface area contributed by atoms with E-state index in [1.54, 1.807) is 26.2 Å². The number of rotatable bonds is 7. The summed E-state index contributed by atoms with van der Waals surface area (Å²) in [5.41, 5.74) is 1.95. The highest BCUT2D eigenvalue weighted by Crippen LogP contribution is 2.33. The summed E-state index contributed by atoms with van der Waals surface area (Å²) in [6.07, 6.45) is 2.51. The topological polar surface area (TPSA) is 48.0 Å². The molecule has 3 rings (SSSR count). The molecule has 7 heteroatoms. The van der Waals surface area contributed by atoms with Crippen molar-refractivity contribution in [2.75, 3.05) is 27.9 Å². The van der Waals surface area contributed by atoms with Crippen LogP contribution < -0.4 is 14.2 Å². The highest BCUT2D eigenvalue weighted by molar-refractivity contribution is 8.26. The van der Waals surface area contributed by atoms with Gasteiger partial charge in [-0.1, -0.05) is 42.2 Å². The highest BCUT2D eigenvalue weighted by Gasteiger charge is 2.31. The molecule has 0 radical (unpaired) electrons. The second-order valence-corrected chi connectivity index (χ2v) is 7.73. The Hall–Kier alpha value is -2.51. The minimum Gasteiger partial charge on any atom is -0.497 e. The largest absolute Gasteiger partial charge is 0.497 e. The Morgan fingerprint density at radius 1 is 1.04 bits per heavy atom. The number of ether oxygens (including phenoxy) is 3. The van der Waals surface area contributed by atoms with E-state index in [9.17, 15) is 4.79 Å². The van der Waals surface area contributed by atoms with Gasteiger partial charge in [-0.2, -0.15) is 0 Å². The van der Waals surface area contributed by atoms with E-state index in [-0.39, 0.29) is 5.91 Å². The van der Waals surface area contributed by atoms with E-state index >= 15 is 0 Å². The van der Waals surface area contributed by atoms with Gasteiger partial charge in [-0.05, 0) is 47.9 Å². The summed E-state index contributed by atoms with van der Waals surface area (Å²) in [7, 11) is 4.83. The Kier molecular flexibility index (Phi) is 6.59. The van der Waals surface area contributed by atoms with Crippen molar-refractivity contribution in [2.24, 2.45) is 0 Å². The average Bonchev–Trinajstić information content (AvgIpc) is 2.98. The number of thioether (sulfide) groups is 1. The SMILES string of the molecule is COc1cccc(/C=C2\SC(=S)N(CCc3ccc(OC)c(OC)c3)C2=O)c1. The van der Waals surface area contributed by atoms with Crippen molar-refractivity contribution in [3.05, 3.63) is 58.5 Å². The van der Waals surface area contributed by atoms with E-state index in [4.69, 9.17) is 26.4 Å². The first-order valence-corrected chi connectivity index (χ1v) is 9.88. The standard InChI is InChI=1S/C21H21NO4S2/c1-24-16-6-4-5-15(11-16)13-19-20(23)22(21(27)28-19)10-9-14-7-8-17(25-2)18(12-14)26-3/h4-8,11-13H,9-10H2,1-3H3/b19-13-. The van der Waals surface area contributed by atoms with Gasteiger partial charge in [0.15, 0.2) is 11.5 Å². The molecule has 0 unspecified atom stereocenters. The van der Waals surface area contributed by atoms with Gasteiger partial charge in [0.2, 0.25) is 0 Å². The Bertz CT molecular complexity index is 926. The molecular weight excluding hydrogens is 394 g/mol. The summed E-state index contributed by atoms with van der Waals surface area (Å²) >= 11 is 6.74. The summed E-state index contributed by atoms with van der Waals surface area (Å²) in [5.74, 6) is 2.03. The van der Waals surface area contributed by atoms with E-state index < -0.39 is 0 Å². The van der Waals surface area contributed by atoms with Crippen molar-refractivity contribution in [3.63, 3.8) is 0 Å². The van der Waals surface area contributed by atoms with Crippen LogP contribution in [0.5, 0.6) is 17.2 Å². The number of carbonyl (C=O) groups is 1. The molecule has 0 aliphatic carbocycles. The van der Waals surface area contributed by atoms with Crippen molar-refractivity contribution in [1.29, 1.82) is 0 Å². The first-order valence-electron chi connectivity index (χ1n) is 8.66. The van der Waals surface area contributed by atoms with Gasteiger partial charge in [-0.15, -0.1) is 0 Å². The molecule has 0 saturated carbocycles. The lowest BCUT2D eigenvalue weighted by molar-refractivity contribution is -0.122. The molecule has 2 aromatic rings. The van der Waals surface area contributed by atoms with Crippen LogP contribution in [0.3, 0.4) is 0 Å². The van der Waals surface area contributed by atoms with E-state index in [0.717, 1.165) is 16.9 Å². The smallest absolute Gasteiger partial charge is 0.266 e. The Morgan fingerprint density at radius 3 is 2.54 bits per heavy atom. The first kappa shape index (κ1) is 20.2. The second-order valence-electron chi connectivity index (χ2n) is 6.05. The third kappa shape index (κ3) is 4.48. The van der Waals surface area contributed by atoms with Crippen LogP contribution in [0.4, 0.5) is 0 Å². The van der Waals surface area contributed by atoms with Crippen molar-refractivity contribution >= 4 is 40.3 Å². The number of nitrogens with zero attached hydrogens (tertiary/aromatic N) is 1. The van der Waals surface area contributed by atoms with Crippen LogP contribution >= 0.6 is 24.0 Å². The molecule has 0 spiro atoms. The van der Waals surface area contributed by atoms with E-state index in [0.29, 0.717) is 33.7 Å². The molecule has 1 saturated heterocycles. The van der Waals surface area contributed by atoms with Crippen LogP contribution in [0.1, 0.15) is 11.1 Å². The molecule has 28 heavy (non-hydrogen) atoms. The molecular formula is C21H21NO4S2. The van der Waals surface area contributed by atoms with E-state index in [1.807, 2.05) is 48.5 Å². The first-order chi connectivity index (χ1) is 13.5. The van der Waals surface area contributed by atoms with Crippen LogP contribution in [-0.4, -0.2) is 43.0 Å². The van der Waals surface area contributed by atoms with Crippen LogP contribution in [0.15, 0.2) is 47.4 Å². The Labute approximate surface area is 174 Å². The lowest BCUT2D eigenvalue weighted by Crippen LogP contribution is -2.30. The molecule has 1 fully saturated rings.